The van der Waals surface area contributed by atoms with Gasteiger partial charge in [-0.3, -0.25) is 4.98 Å². The first kappa shape index (κ1) is 43.5. The maximum atomic E-state index is 6.42. The van der Waals surface area contributed by atoms with E-state index < -0.39 is 8.07 Å². The quantitative estimate of drug-likeness (QED) is 0.106. The first-order chi connectivity index (χ1) is 28.9. The predicted octanol–water partition coefficient (Wildman–Crippen LogP) is 12.8. The van der Waals surface area contributed by atoms with Crippen LogP contribution in [0.4, 0.5) is 0 Å². The van der Waals surface area contributed by atoms with Gasteiger partial charge in [0.2, 0.25) is 0 Å². The van der Waals surface area contributed by atoms with Crippen molar-refractivity contribution in [3.05, 3.63) is 151 Å². The van der Waals surface area contributed by atoms with Gasteiger partial charge in [0, 0.05) is 37.4 Å². The van der Waals surface area contributed by atoms with Crippen LogP contribution in [0.3, 0.4) is 0 Å². The number of pyridine rings is 1. The molecular weight excluding hydrogens is 945 g/mol. The molecule has 5 aromatic carbocycles. The van der Waals surface area contributed by atoms with Crippen molar-refractivity contribution in [2.75, 3.05) is 0 Å². The fourth-order valence-corrected chi connectivity index (χ4v) is 9.66. The van der Waals surface area contributed by atoms with E-state index in [0.29, 0.717) is 23.0 Å². The number of fused-ring (bicyclic) bond motifs is 4. The van der Waals surface area contributed by atoms with Crippen LogP contribution in [0, 0.1) is 18.1 Å². The summed E-state index contributed by atoms with van der Waals surface area (Å²) in [4.78, 5) is 14.2. The summed E-state index contributed by atoms with van der Waals surface area (Å²) in [5.74, 6) is 1.82. The number of hydrogen-bond donors (Lipinski definition) is 0. The largest absolute Gasteiger partial charge is 0.501 e. The van der Waals surface area contributed by atoms with Crippen LogP contribution < -0.4 is 5.19 Å². The first-order valence-corrected chi connectivity index (χ1v) is 24.5. The summed E-state index contributed by atoms with van der Waals surface area (Å²) in [7, 11) is -1.34. The van der Waals surface area contributed by atoms with Crippen LogP contribution in [-0.2, 0) is 26.5 Å². The topological polar surface area (TPSA) is 82.5 Å². The van der Waals surface area contributed by atoms with E-state index in [-0.39, 0.29) is 31.9 Å². The average molecular weight is 997 g/mol. The summed E-state index contributed by atoms with van der Waals surface area (Å²) in [5.41, 5.74) is 12.9. The molecule has 0 amide bonds. The summed E-state index contributed by atoms with van der Waals surface area (Å²) in [6.07, 6.45) is 4.68. The third-order valence-corrected chi connectivity index (χ3v) is 13.0. The monoisotopic (exact) mass is 997 g/mol. The first-order valence-electron chi connectivity index (χ1n) is 21.0. The molecule has 0 N–H and O–H groups in total. The number of furan rings is 1. The molecule has 0 unspecified atom stereocenters. The van der Waals surface area contributed by atoms with Crippen molar-refractivity contribution in [2.24, 2.45) is 5.92 Å². The molecule has 311 valence electrons. The number of para-hydroxylation sites is 1. The van der Waals surface area contributed by atoms with Gasteiger partial charge >= 0.3 is 0 Å². The van der Waals surface area contributed by atoms with Gasteiger partial charge in [-0.05, 0) is 75.5 Å². The minimum Gasteiger partial charge on any atom is -0.501 e. The molecule has 0 saturated carbocycles. The molecule has 9 rings (SSSR count). The summed E-state index contributed by atoms with van der Waals surface area (Å²) in [5, 5.41) is 12.3. The number of imidazole rings is 1. The van der Waals surface area contributed by atoms with Crippen molar-refractivity contribution in [3.63, 3.8) is 0 Å². The molecule has 0 aliphatic carbocycles. The van der Waals surface area contributed by atoms with Crippen LogP contribution in [0.2, 0.25) is 19.6 Å². The Morgan fingerprint density at radius 2 is 1.43 bits per heavy atom. The molecule has 1 radical (unpaired) electrons. The van der Waals surface area contributed by atoms with Crippen molar-refractivity contribution in [1.29, 1.82) is 0 Å². The molecule has 4 aromatic heterocycles. The Balaban J connectivity index is 0.000000226. The summed E-state index contributed by atoms with van der Waals surface area (Å²) in [6.45, 7) is 20.6. The van der Waals surface area contributed by atoms with Gasteiger partial charge in [-0.15, -0.1) is 64.3 Å². The molecule has 0 spiro atoms. The number of nitrogens with zero attached hydrogens (tertiary/aromatic N) is 6. The fraction of sp³-hybridized carbons (Fsp3) is 0.250. The van der Waals surface area contributed by atoms with Crippen LogP contribution in [-0.4, -0.2) is 37.8 Å². The standard InChI is InChI=1S/C34H28N5O.C18H24NSi.Ir/c1-20(2)27-17-23(22-11-6-5-7-12-22)18-28(21(3)4)30(27)39-33(37-32-34(39)38-36-19-35-32)26-15-10-14-25-24-13-8-9-16-29(24)40-31(25)26;1-14(2)11-16-12-17(15-9-7-6-8-10-15)19-13-18(16)20(3,4)5;/h5-14,16-21H,1-4H3;6-9,12-14H,11H2,1-5H3;/q2*-1;. The van der Waals surface area contributed by atoms with Gasteiger partial charge in [-0.2, -0.15) is 0 Å². The second-order valence-electron chi connectivity index (χ2n) is 17.6. The van der Waals surface area contributed by atoms with Gasteiger partial charge in [0.1, 0.15) is 11.9 Å². The van der Waals surface area contributed by atoms with E-state index >= 15 is 0 Å². The van der Waals surface area contributed by atoms with Crippen LogP contribution >= 0.6 is 0 Å². The maximum Gasteiger partial charge on any atom is 0.197 e. The zero-order valence-electron chi connectivity index (χ0n) is 36.4. The van der Waals surface area contributed by atoms with E-state index in [4.69, 9.17) is 9.40 Å². The third-order valence-electron chi connectivity index (χ3n) is 10.9. The Bertz CT molecular complexity index is 2900. The Morgan fingerprint density at radius 3 is 2.10 bits per heavy atom. The number of rotatable bonds is 9. The van der Waals surface area contributed by atoms with Crippen molar-refractivity contribution in [3.8, 4) is 39.5 Å². The van der Waals surface area contributed by atoms with Gasteiger partial charge in [-0.25, -0.2) is 4.98 Å². The second kappa shape index (κ2) is 18.2. The van der Waals surface area contributed by atoms with Crippen molar-refractivity contribution >= 4 is 46.5 Å². The molecule has 7 nitrogen and oxygen atoms in total. The Labute approximate surface area is 374 Å². The molecule has 0 aliphatic rings. The minimum absolute atomic E-state index is 0. The molecule has 9 aromatic rings. The summed E-state index contributed by atoms with van der Waals surface area (Å²) >= 11 is 0. The number of aromatic nitrogens is 6. The molecule has 0 aliphatic heterocycles. The SMILES string of the molecule is CC(C)Cc1cc(-c2[c-]cccc2)ncc1[Si](C)(C)C.CC(C)c1cc(-c2ccccc2)cc(C(C)C)c1-n1c(-c2[c-]ccc3c2oc2ccccc23)nc2ncnnc21.[Ir]. The van der Waals surface area contributed by atoms with Gasteiger partial charge in [0.15, 0.2) is 11.3 Å². The van der Waals surface area contributed by atoms with Crippen molar-refractivity contribution in [1.82, 2.24) is 29.7 Å². The fourth-order valence-electron chi connectivity index (χ4n) is 8.07. The van der Waals surface area contributed by atoms with Crippen LogP contribution in [0.1, 0.15) is 70.1 Å². The van der Waals surface area contributed by atoms with Gasteiger partial charge < -0.3 is 14.0 Å². The molecule has 0 saturated heterocycles. The van der Waals surface area contributed by atoms with E-state index in [0.717, 1.165) is 50.9 Å². The van der Waals surface area contributed by atoms with Gasteiger partial charge in [-0.1, -0.05) is 132 Å². The van der Waals surface area contributed by atoms with E-state index in [2.05, 4.69) is 165 Å². The molecule has 0 bridgehead atoms. The zero-order chi connectivity index (χ0) is 42.1. The van der Waals surface area contributed by atoms with E-state index in [1.165, 1.54) is 39.3 Å². The van der Waals surface area contributed by atoms with Crippen molar-refractivity contribution in [2.45, 2.75) is 79.4 Å². The maximum absolute atomic E-state index is 6.42. The molecule has 0 fully saturated rings. The average Bonchev–Trinajstić information content (AvgIpc) is 3.82. The van der Waals surface area contributed by atoms with E-state index in [1.807, 2.05) is 48.5 Å². The Morgan fingerprint density at radius 1 is 0.721 bits per heavy atom. The van der Waals surface area contributed by atoms with Crippen LogP contribution in [0.15, 0.2) is 126 Å². The smallest absolute Gasteiger partial charge is 0.197 e. The second-order valence-corrected chi connectivity index (χ2v) is 22.6. The number of hydrogen-bond acceptors (Lipinski definition) is 6. The predicted molar refractivity (Wildman–Crippen MR) is 250 cm³/mol. The molecule has 9 heteroatoms. The minimum atomic E-state index is -1.34. The molecule has 0 atom stereocenters. The Kier molecular flexibility index (Phi) is 13.0. The van der Waals surface area contributed by atoms with Gasteiger partial charge in [0.25, 0.3) is 0 Å². The van der Waals surface area contributed by atoms with E-state index in [1.54, 1.807) is 0 Å². The van der Waals surface area contributed by atoms with Crippen LogP contribution in [0.25, 0.3) is 72.7 Å². The van der Waals surface area contributed by atoms with Gasteiger partial charge in [0.05, 0.1) is 19.5 Å². The summed E-state index contributed by atoms with van der Waals surface area (Å²) in [6, 6.07) is 44.3. The molecular formula is C52H52IrN6OSi-2. The van der Waals surface area contributed by atoms with E-state index in [9.17, 15) is 0 Å². The normalized spacial score (nSPS) is 11.7. The van der Waals surface area contributed by atoms with Crippen molar-refractivity contribution < 1.29 is 24.5 Å². The van der Waals surface area contributed by atoms with Crippen LogP contribution in [0.5, 0.6) is 0 Å². The Hall–Kier alpha value is -5.60. The summed E-state index contributed by atoms with van der Waals surface area (Å²) < 4.78 is 8.53. The molecule has 4 heterocycles. The third kappa shape index (κ3) is 8.92. The number of benzene rings is 5. The molecule has 61 heavy (non-hydrogen) atoms. The zero-order valence-corrected chi connectivity index (χ0v) is 39.8.